The van der Waals surface area contributed by atoms with Crippen LogP contribution in [0.15, 0.2) is 54.2 Å². The molecule has 0 bridgehead atoms. The summed E-state index contributed by atoms with van der Waals surface area (Å²) < 4.78 is 7.16. The maximum Gasteiger partial charge on any atom is 0.295 e. The maximum absolute atomic E-state index is 14.1. The Labute approximate surface area is 223 Å². The number of amides is 1. The number of quaternary nitrogens is 1. The monoisotopic (exact) mass is 516 g/mol. The summed E-state index contributed by atoms with van der Waals surface area (Å²) in [4.78, 5) is 34.4. The first-order valence-electron chi connectivity index (χ1n) is 13.4. The fourth-order valence-corrected chi connectivity index (χ4v) is 5.54. The van der Waals surface area contributed by atoms with Crippen molar-refractivity contribution in [1.82, 2.24) is 14.3 Å². The van der Waals surface area contributed by atoms with Crippen molar-refractivity contribution in [1.29, 1.82) is 0 Å². The summed E-state index contributed by atoms with van der Waals surface area (Å²) in [6, 6.07) is 12.7. The van der Waals surface area contributed by atoms with Gasteiger partial charge in [0.15, 0.2) is 0 Å². The number of pyridine rings is 1. The molecular weight excluding hydrogens is 480 g/mol. The lowest BCUT2D eigenvalue weighted by atomic mass is 9.85. The average molecular weight is 517 g/mol. The topological polar surface area (TPSA) is 91.4 Å². The van der Waals surface area contributed by atoms with E-state index in [1.807, 2.05) is 42.5 Å². The molecule has 1 unspecified atom stereocenters. The molecule has 8 nitrogen and oxygen atoms in total. The molecular formula is C30H36N4O4. The first kappa shape index (κ1) is 26.1. The first-order chi connectivity index (χ1) is 18.2. The van der Waals surface area contributed by atoms with Crippen LogP contribution in [0.3, 0.4) is 0 Å². The summed E-state index contributed by atoms with van der Waals surface area (Å²) in [5, 5.41) is 14.1. The molecule has 8 heteroatoms. The molecule has 0 spiro atoms. The summed E-state index contributed by atoms with van der Waals surface area (Å²) in [7, 11) is 0. The highest BCUT2D eigenvalue weighted by molar-refractivity contribution is 6.46. The van der Waals surface area contributed by atoms with Crippen LogP contribution in [0.25, 0.3) is 11.4 Å². The SMILES string of the molecule is Cc1nc2ccccn2c1/C([O-])=C1\C(=O)C(=O)N(CCC[NH+]2CCOCC2)C1c1ccc(C(C)(C)C)cc1. The fraction of sp³-hybridized carbons (Fsp3) is 0.433. The van der Waals surface area contributed by atoms with E-state index in [2.05, 4.69) is 25.8 Å². The van der Waals surface area contributed by atoms with Gasteiger partial charge in [-0.1, -0.05) is 56.9 Å². The molecule has 2 aliphatic rings. The molecule has 1 N–H and O–H groups in total. The van der Waals surface area contributed by atoms with Gasteiger partial charge in [0.05, 0.1) is 37.2 Å². The third kappa shape index (κ3) is 4.86. The highest BCUT2D eigenvalue weighted by Gasteiger charge is 2.44. The molecule has 0 radical (unpaired) electrons. The van der Waals surface area contributed by atoms with E-state index in [-0.39, 0.29) is 11.0 Å². The minimum Gasteiger partial charge on any atom is -0.871 e. The van der Waals surface area contributed by atoms with Crippen molar-refractivity contribution in [3.63, 3.8) is 0 Å². The van der Waals surface area contributed by atoms with Crippen molar-refractivity contribution in [2.24, 2.45) is 0 Å². The Balaban J connectivity index is 1.56. The van der Waals surface area contributed by atoms with E-state index in [0.29, 0.717) is 23.6 Å². The van der Waals surface area contributed by atoms with Gasteiger partial charge >= 0.3 is 0 Å². The van der Waals surface area contributed by atoms with Crippen LogP contribution in [0, 0.1) is 6.92 Å². The van der Waals surface area contributed by atoms with Crippen molar-refractivity contribution in [2.45, 2.75) is 45.6 Å². The van der Waals surface area contributed by atoms with Crippen LogP contribution in [-0.4, -0.2) is 65.4 Å². The summed E-state index contributed by atoms with van der Waals surface area (Å²) >= 11 is 0. The number of ether oxygens (including phenoxy) is 1. The van der Waals surface area contributed by atoms with E-state index >= 15 is 0 Å². The van der Waals surface area contributed by atoms with Gasteiger partial charge < -0.3 is 24.0 Å². The number of imidazole rings is 1. The number of hydrogen-bond donors (Lipinski definition) is 1. The molecule has 1 atom stereocenters. The number of likely N-dealkylation sites (tertiary alicyclic amines) is 1. The number of carbonyl (C=O) groups excluding carboxylic acids is 2. The van der Waals surface area contributed by atoms with E-state index in [1.165, 1.54) is 4.90 Å². The van der Waals surface area contributed by atoms with E-state index in [1.54, 1.807) is 22.4 Å². The molecule has 4 heterocycles. The quantitative estimate of drug-likeness (QED) is 0.304. The number of nitrogens with zero attached hydrogens (tertiary/aromatic N) is 3. The Kier molecular flexibility index (Phi) is 7.11. The smallest absolute Gasteiger partial charge is 0.295 e. The molecule has 1 amide bonds. The highest BCUT2D eigenvalue weighted by atomic mass is 16.5. The summed E-state index contributed by atoms with van der Waals surface area (Å²) in [6.45, 7) is 12.8. The molecule has 2 aromatic heterocycles. The lowest BCUT2D eigenvalue weighted by Gasteiger charge is -2.29. The molecule has 38 heavy (non-hydrogen) atoms. The van der Waals surface area contributed by atoms with Crippen molar-refractivity contribution in [2.75, 3.05) is 39.4 Å². The second-order valence-electron chi connectivity index (χ2n) is 11.3. The molecule has 2 fully saturated rings. The minimum absolute atomic E-state index is 0.00554. The van der Waals surface area contributed by atoms with Crippen molar-refractivity contribution in [3.05, 3.63) is 76.7 Å². The first-order valence-corrected chi connectivity index (χ1v) is 13.4. The van der Waals surface area contributed by atoms with Crippen LogP contribution >= 0.6 is 0 Å². The van der Waals surface area contributed by atoms with Gasteiger partial charge in [-0.15, -0.1) is 0 Å². The summed E-state index contributed by atoms with van der Waals surface area (Å²) in [6.07, 6.45) is 2.50. The standard InChI is InChI=1S/C30H36N4O4/c1-20-25(33-14-6-5-8-23(33)31-20)27(35)24-26(21-9-11-22(12-10-21)30(2,3)4)34(29(37)28(24)36)15-7-13-32-16-18-38-19-17-32/h5-6,8-12,14,26,35H,7,13,15-19H2,1-4H3/b27-24+. The lowest BCUT2D eigenvalue weighted by Crippen LogP contribution is -3.14. The van der Waals surface area contributed by atoms with Crippen LogP contribution in [0.5, 0.6) is 0 Å². The Bertz CT molecular complexity index is 1380. The maximum atomic E-state index is 14.1. The third-order valence-electron chi connectivity index (χ3n) is 7.67. The Morgan fingerprint density at radius 1 is 1.11 bits per heavy atom. The third-order valence-corrected chi connectivity index (χ3v) is 7.67. The number of nitrogens with one attached hydrogen (secondary N) is 1. The van der Waals surface area contributed by atoms with Crippen LogP contribution in [0.4, 0.5) is 0 Å². The van der Waals surface area contributed by atoms with Crippen molar-refractivity contribution < 1.29 is 24.3 Å². The molecule has 2 aliphatic heterocycles. The number of hydrogen-bond acceptors (Lipinski definition) is 5. The Morgan fingerprint density at radius 2 is 1.82 bits per heavy atom. The number of morpholine rings is 1. The van der Waals surface area contributed by atoms with Gasteiger partial charge in [0.1, 0.15) is 18.7 Å². The average Bonchev–Trinajstić information content (AvgIpc) is 3.37. The van der Waals surface area contributed by atoms with E-state index in [0.717, 1.165) is 50.4 Å². The van der Waals surface area contributed by atoms with E-state index < -0.39 is 23.5 Å². The Morgan fingerprint density at radius 3 is 2.50 bits per heavy atom. The van der Waals surface area contributed by atoms with Gasteiger partial charge in [-0.2, -0.15) is 0 Å². The lowest BCUT2D eigenvalue weighted by molar-refractivity contribution is -0.908. The van der Waals surface area contributed by atoms with E-state index in [4.69, 9.17) is 4.74 Å². The Hall–Kier alpha value is -3.49. The van der Waals surface area contributed by atoms with Crippen LogP contribution in [0.1, 0.15) is 55.7 Å². The number of aromatic nitrogens is 2. The molecule has 0 aliphatic carbocycles. The summed E-state index contributed by atoms with van der Waals surface area (Å²) in [5.74, 6) is -1.77. The van der Waals surface area contributed by atoms with Crippen LogP contribution < -0.4 is 10.0 Å². The number of benzene rings is 1. The second kappa shape index (κ2) is 10.3. The van der Waals surface area contributed by atoms with Crippen molar-refractivity contribution in [3.8, 4) is 0 Å². The zero-order chi connectivity index (χ0) is 27.0. The number of Topliss-reactive ketones (excluding diaryl/α,β-unsaturated/α-hetero) is 1. The second-order valence-corrected chi connectivity index (χ2v) is 11.3. The molecule has 1 aromatic carbocycles. The number of rotatable bonds is 6. The van der Waals surface area contributed by atoms with Crippen LogP contribution in [0.2, 0.25) is 0 Å². The normalized spacial score (nSPS) is 20.5. The molecule has 3 aromatic rings. The van der Waals surface area contributed by atoms with Crippen molar-refractivity contribution >= 4 is 23.1 Å². The number of aryl methyl sites for hydroxylation is 1. The molecule has 5 rings (SSSR count). The summed E-state index contributed by atoms with van der Waals surface area (Å²) in [5.41, 5.74) is 3.36. The van der Waals surface area contributed by atoms with Gasteiger partial charge in [-0.3, -0.25) is 9.59 Å². The number of ketones is 1. The number of carbonyl (C=O) groups is 2. The zero-order valence-corrected chi connectivity index (χ0v) is 22.6. The fourth-order valence-electron chi connectivity index (χ4n) is 5.54. The van der Waals surface area contributed by atoms with Crippen LogP contribution in [-0.2, 0) is 19.7 Å². The minimum atomic E-state index is -0.732. The van der Waals surface area contributed by atoms with E-state index in [9.17, 15) is 14.7 Å². The predicted molar refractivity (Wildman–Crippen MR) is 142 cm³/mol. The molecule has 200 valence electrons. The predicted octanol–water partition coefficient (Wildman–Crippen LogP) is 1.47. The highest BCUT2D eigenvalue weighted by Crippen LogP contribution is 2.39. The van der Waals surface area contributed by atoms with Gasteiger partial charge in [0.25, 0.3) is 5.91 Å². The van der Waals surface area contributed by atoms with Gasteiger partial charge in [0.2, 0.25) is 5.78 Å². The molecule has 0 saturated carbocycles. The largest absolute Gasteiger partial charge is 0.871 e. The van der Waals surface area contributed by atoms with Gasteiger partial charge in [-0.25, -0.2) is 4.98 Å². The number of fused-ring (bicyclic) bond motifs is 1. The van der Waals surface area contributed by atoms with Gasteiger partial charge in [-0.05, 0) is 35.6 Å². The molecule has 2 saturated heterocycles. The zero-order valence-electron chi connectivity index (χ0n) is 22.6. The van der Waals surface area contributed by atoms with Gasteiger partial charge in [0, 0.05) is 24.7 Å².